The fourth-order valence-corrected chi connectivity index (χ4v) is 12.3. The van der Waals surface area contributed by atoms with Gasteiger partial charge in [0.25, 0.3) is 0 Å². The van der Waals surface area contributed by atoms with Crippen molar-refractivity contribution >= 4 is 6.09 Å². The van der Waals surface area contributed by atoms with E-state index in [4.69, 9.17) is 15.2 Å². The number of amides is 1. The van der Waals surface area contributed by atoms with Crippen LogP contribution in [-0.2, 0) is 9.47 Å². The molecule has 38 heavy (non-hydrogen) atoms. The molecule has 7 aliphatic rings. The van der Waals surface area contributed by atoms with Gasteiger partial charge in [0.15, 0.2) is 0 Å². The van der Waals surface area contributed by atoms with Crippen molar-refractivity contribution in [2.24, 2.45) is 51.1 Å². The summed E-state index contributed by atoms with van der Waals surface area (Å²) in [6.07, 6.45) is 6.81. The third kappa shape index (κ3) is 2.79. The van der Waals surface area contributed by atoms with Crippen LogP contribution < -0.4 is 5.73 Å². The van der Waals surface area contributed by atoms with E-state index < -0.39 is 11.6 Å². The number of rotatable bonds is 2. The number of nitrogens with two attached hydrogens (primary N) is 1. The molecule has 5 unspecified atom stereocenters. The monoisotopic (exact) mass is 530 g/mol. The Morgan fingerprint density at radius 2 is 1.68 bits per heavy atom. The highest BCUT2D eigenvalue weighted by atomic mass is 16.6. The van der Waals surface area contributed by atoms with Gasteiger partial charge in [-0.05, 0) is 111 Å². The second kappa shape index (κ2) is 7.49. The number of hydrogen-bond acceptors (Lipinski definition) is 6. The Balaban J connectivity index is 1.20. The standard InChI is InChI=1S/C31H50N2O5/c1-17-13-18(14-33-25(36)37-16-26(33,2)3)38-23-22(17)28(6)11-12-30-15-29(30)10-9-21(34)27(4,5)19(29)7-8-20(30)31(28,32)24(23)35/h17-24,34-35H,7-16,32H2,1-6H3/t17-,18?,19+,20?,21+,22+,23?,24+,28?,29?,30+,31+/m1/s1. The molecule has 7 rings (SSSR count). The first-order valence-corrected chi connectivity index (χ1v) is 15.4. The summed E-state index contributed by atoms with van der Waals surface area (Å²) in [5.74, 6) is 1.39. The fraction of sp³-hybridized carbons (Fsp3) is 0.968. The van der Waals surface area contributed by atoms with Crippen LogP contribution in [0.4, 0.5) is 4.79 Å². The highest BCUT2D eigenvalue weighted by Crippen LogP contribution is 2.87. The summed E-state index contributed by atoms with van der Waals surface area (Å²) in [7, 11) is 0. The molecule has 214 valence electrons. The predicted molar refractivity (Wildman–Crippen MR) is 143 cm³/mol. The van der Waals surface area contributed by atoms with Crippen molar-refractivity contribution in [3.63, 3.8) is 0 Å². The van der Waals surface area contributed by atoms with Crippen LogP contribution in [0.15, 0.2) is 0 Å². The largest absolute Gasteiger partial charge is 0.447 e. The molecule has 4 N–H and O–H groups in total. The number of aliphatic hydroxyl groups is 2. The summed E-state index contributed by atoms with van der Waals surface area (Å²) in [6, 6.07) is 0. The van der Waals surface area contributed by atoms with Crippen LogP contribution in [0.25, 0.3) is 0 Å². The van der Waals surface area contributed by atoms with Gasteiger partial charge in [0.2, 0.25) is 0 Å². The minimum atomic E-state index is -0.708. The second-order valence-corrected chi connectivity index (χ2v) is 16.3. The fourth-order valence-electron chi connectivity index (χ4n) is 12.3. The van der Waals surface area contributed by atoms with E-state index in [1.165, 1.54) is 12.8 Å². The number of aliphatic hydroxyl groups excluding tert-OH is 2. The Morgan fingerprint density at radius 1 is 1.00 bits per heavy atom. The van der Waals surface area contributed by atoms with E-state index in [0.717, 1.165) is 38.5 Å². The number of cyclic esters (lactones) is 1. The molecule has 0 radical (unpaired) electrons. The van der Waals surface area contributed by atoms with Gasteiger partial charge in [-0.25, -0.2) is 4.79 Å². The quantitative estimate of drug-likeness (QED) is 0.497. The molecular weight excluding hydrogens is 480 g/mol. The number of nitrogens with zero attached hydrogens (tertiary/aromatic N) is 1. The summed E-state index contributed by atoms with van der Waals surface area (Å²) in [5.41, 5.74) is 6.86. The lowest BCUT2D eigenvalue weighted by Crippen LogP contribution is -2.70. The molecule has 12 atom stereocenters. The van der Waals surface area contributed by atoms with Crippen LogP contribution in [0.3, 0.4) is 0 Å². The maximum absolute atomic E-state index is 12.5. The summed E-state index contributed by atoms with van der Waals surface area (Å²) < 4.78 is 12.1. The van der Waals surface area contributed by atoms with Crippen molar-refractivity contribution in [2.75, 3.05) is 13.2 Å². The molecule has 2 spiro atoms. The van der Waals surface area contributed by atoms with E-state index in [-0.39, 0.29) is 57.5 Å². The number of carbonyl (C=O) groups is 1. The van der Waals surface area contributed by atoms with Gasteiger partial charge in [-0.3, -0.25) is 4.90 Å². The number of ether oxygens (including phenoxy) is 2. The van der Waals surface area contributed by atoms with Crippen LogP contribution in [0.2, 0.25) is 0 Å². The topological polar surface area (TPSA) is 105 Å². The molecule has 1 amide bonds. The average molecular weight is 531 g/mol. The zero-order chi connectivity index (χ0) is 27.3. The lowest BCUT2D eigenvalue weighted by molar-refractivity contribution is -0.152. The molecule has 2 heterocycles. The second-order valence-electron chi connectivity index (χ2n) is 16.3. The molecule has 0 aromatic carbocycles. The van der Waals surface area contributed by atoms with Crippen molar-refractivity contribution in [3.05, 3.63) is 0 Å². The van der Waals surface area contributed by atoms with Crippen LogP contribution in [0, 0.1) is 45.3 Å². The van der Waals surface area contributed by atoms with Gasteiger partial charge in [-0.1, -0.05) is 27.7 Å². The predicted octanol–water partition coefficient (Wildman–Crippen LogP) is 4.08. The van der Waals surface area contributed by atoms with E-state index in [2.05, 4.69) is 27.7 Å². The van der Waals surface area contributed by atoms with E-state index in [1.807, 2.05) is 18.7 Å². The van der Waals surface area contributed by atoms with Crippen molar-refractivity contribution < 1.29 is 24.5 Å². The molecular formula is C31H50N2O5. The normalized spacial score (nSPS) is 57.7. The summed E-state index contributed by atoms with van der Waals surface area (Å²) in [6.45, 7) is 14.2. The summed E-state index contributed by atoms with van der Waals surface area (Å²) in [4.78, 5) is 14.3. The van der Waals surface area contributed by atoms with Crippen LogP contribution in [0.1, 0.15) is 92.9 Å². The van der Waals surface area contributed by atoms with Crippen LogP contribution in [-0.4, -0.2) is 69.9 Å². The lowest BCUT2D eigenvalue weighted by Gasteiger charge is -2.63. The zero-order valence-electron chi connectivity index (χ0n) is 24.3. The van der Waals surface area contributed by atoms with E-state index >= 15 is 0 Å². The summed E-state index contributed by atoms with van der Waals surface area (Å²) >= 11 is 0. The van der Waals surface area contributed by atoms with Crippen molar-refractivity contribution in [1.29, 1.82) is 0 Å². The number of hydrogen-bond donors (Lipinski definition) is 3. The smallest absolute Gasteiger partial charge is 0.410 e. The molecule has 0 aromatic rings. The first-order valence-electron chi connectivity index (χ1n) is 15.4. The third-order valence-corrected chi connectivity index (χ3v) is 14.2. The van der Waals surface area contributed by atoms with Crippen molar-refractivity contribution in [3.8, 4) is 0 Å². The van der Waals surface area contributed by atoms with E-state index in [1.54, 1.807) is 0 Å². The minimum absolute atomic E-state index is 0.0626. The molecule has 5 aliphatic carbocycles. The van der Waals surface area contributed by atoms with Crippen molar-refractivity contribution in [2.45, 2.75) is 128 Å². The molecule has 7 nitrogen and oxygen atoms in total. The number of carbonyl (C=O) groups excluding carboxylic acids is 1. The molecule has 7 heteroatoms. The van der Waals surface area contributed by atoms with Gasteiger partial charge >= 0.3 is 6.09 Å². The maximum Gasteiger partial charge on any atom is 0.410 e. The molecule has 0 aromatic heterocycles. The average Bonchev–Trinajstić information content (AvgIpc) is 3.40. The first-order chi connectivity index (χ1) is 17.7. The Morgan fingerprint density at radius 3 is 2.37 bits per heavy atom. The van der Waals surface area contributed by atoms with E-state index in [0.29, 0.717) is 30.9 Å². The SMILES string of the molecule is C[C@@H]1CC(CN2C(=O)OCC2(C)C)OC2[C@H]1C1(C)CC[C@@]34CC35CC[C@H](O)C(C)(C)[C@@H]5CCC4[C@]1(N)[C@H]2O. The number of fused-ring (bicyclic) bond motifs is 4. The van der Waals surface area contributed by atoms with Gasteiger partial charge in [0.1, 0.15) is 6.61 Å². The van der Waals surface area contributed by atoms with Gasteiger partial charge < -0.3 is 25.4 Å². The van der Waals surface area contributed by atoms with Gasteiger partial charge in [-0.15, -0.1) is 0 Å². The molecule has 5 saturated carbocycles. The Labute approximate surface area is 228 Å². The lowest BCUT2D eigenvalue weighted by atomic mass is 9.43. The Bertz CT molecular complexity index is 1050. The summed E-state index contributed by atoms with van der Waals surface area (Å²) in [5, 5.41) is 23.1. The van der Waals surface area contributed by atoms with Gasteiger partial charge in [0.05, 0.1) is 42.0 Å². The maximum atomic E-state index is 12.5. The molecule has 0 bridgehead atoms. The minimum Gasteiger partial charge on any atom is -0.447 e. The Kier molecular flexibility index (Phi) is 5.13. The van der Waals surface area contributed by atoms with Crippen molar-refractivity contribution in [1.82, 2.24) is 4.90 Å². The van der Waals surface area contributed by atoms with Gasteiger partial charge in [-0.2, -0.15) is 0 Å². The highest BCUT2D eigenvalue weighted by molar-refractivity contribution is 5.71. The highest BCUT2D eigenvalue weighted by Gasteiger charge is 2.85. The molecule has 7 fully saturated rings. The van der Waals surface area contributed by atoms with Crippen LogP contribution in [0.5, 0.6) is 0 Å². The van der Waals surface area contributed by atoms with Gasteiger partial charge in [0, 0.05) is 0 Å². The third-order valence-electron chi connectivity index (χ3n) is 14.2. The van der Waals surface area contributed by atoms with Crippen LogP contribution >= 0.6 is 0 Å². The Hall–Kier alpha value is -0.890. The molecule has 2 saturated heterocycles. The molecule has 2 aliphatic heterocycles. The van der Waals surface area contributed by atoms with E-state index in [9.17, 15) is 15.0 Å². The first kappa shape index (κ1) is 26.0. The zero-order valence-corrected chi connectivity index (χ0v) is 24.3.